The fourth-order valence-corrected chi connectivity index (χ4v) is 3.09. The van der Waals surface area contributed by atoms with Crippen LogP contribution in [-0.2, 0) is 0 Å². The number of carbonyl (C=O) groups is 1. The fourth-order valence-electron chi connectivity index (χ4n) is 3.09. The molecule has 0 saturated carbocycles. The minimum Gasteiger partial charge on any atom is -0.497 e. The second-order valence-electron chi connectivity index (χ2n) is 5.41. The van der Waals surface area contributed by atoms with Crippen molar-refractivity contribution in [2.24, 2.45) is 0 Å². The van der Waals surface area contributed by atoms with Gasteiger partial charge < -0.3 is 14.5 Å². The highest BCUT2D eigenvalue weighted by Crippen LogP contribution is 2.41. The van der Waals surface area contributed by atoms with Crippen LogP contribution in [0.1, 0.15) is 10.4 Å². The molecule has 24 heavy (non-hydrogen) atoms. The molecule has 1 aliphatic rings. The minimum atomic E-state index is -0.467. The summed E-state index contributed by atoms with van der Waals surface area (Å²) in [4.78, 5) is 27.7. The highest BCUT2D eigenvalue weighted by molar-refractivity contribution is 6.11. The molecule has 1 aliphatic heterocycles. The minimum absolute atomic E-state index is 0.324. The van der Waals surface area contributed by atoms with E-state index in [0.29, 0.717) is 34.0 Å². The Morgan fingerprint density at radius 1 is 0.917 bits per heavy atom. The standard InChI is InChI=1S/C18H14N2O4/c1-23-10-7-8-14(24-2)13(9-10)15-16-11-5-3-4-6-12(11)17(21)20(16)18(22)19-15/h3-9H,1-2H3,(H,19,22). The number of rotatable bonds is 3. The van der Waals surface area contributed by atoms with Crippen LogP contribution in [0.3, 0.4) is 0 Å². The van der Waals surface area contributed by atoms with E-state index < -0.39 is 5.69 Å². The van der Waals surface area contributed by atoms with Crippen LogP contribution in [0.15, 0.2) is 47.3 Å². The zero-order valence-corrected chi connectivity index (χ0v) is 13.1. The number of aromatic amines is 1. The quantitative estimate of drug-likeness (QED) is 0.629. The molecule has 1 N–H and O–H groups in total. The van der Waals surface area contributed by atoms with Crippen LogP contribution in [0.2, 0.25) is 0 Å². The van der Waals surface area contributed by atoms with Crippen LogP contribution in [0.25, 0.3) is 22.5 Å². The van der Waals surface area contributed by atoms with Gasteiger partial charge in [-0.15, -0.1) is 0 Å². The van der Waals surface area contributed by atoms with Crippen LogP contribution in [0, 0.1) is 0 Å². The van der Waals surface area contributed by atoms with Crippen LogP contribution in [0.4, 0.5) is 0 Å². The second-order valence-corrected chi connectivity index (χ2v) is 5.41. The van der Waals surface area contributed by atoms with Crippen molar-refractivity contribution in [3.63, 3.8) is 0 Å². The highest BCUT2D eigenvalue weighted by atomic mass is 16.5. The summed E-state index contributed by atoms with van der Waals surface area (Å²) in [6.07, 6.45) is 0. The number of methoxy groups -OCH3 is 2. The maximum absolute atomic E-state index is 12.5. The van der Waals surface area contributed by atoms with Crippen molar-refractivity contribution in [2.75, 3.05) is 14.2 Å². The van der Waals surface area contributed by atoms with Gasteiger partial charge in [0, 0.05) is 16.7 Å². The Morgan fingerprint density at radius 2 is 1.67 bits per heavy atom. The van der Waals surface area contributed by atoms with Gasteiger partial charge >= 0.3 is 5.69 Å². The second kappa shape index (κ2) is 5.13. The Morgan fingerprint density at radius 3 is 2.38 bits per heavy atom. The molecule has 120 valence electrons. The van der Waals surface area contributed by atoms with Crippen molar-refractivity contribution >= 4 is 5.91 Å². The topological polar surface area (TPSA) is 73.3 Å². The lowest BCUT2D eigenvalue weighted by molar-refractivity contribution is 0.0965. The van der Waals surface area contributed by atoms with E-state index in [2.05, 4.69) is 4.98 Å². The van der Waals surface area contributed by atoms with Crippen molar-refractivity contribution in [2.45, 2.75) is 0 Å². The number of fused-ring (bicyclic) bond motifs is 3. The van der Waals surface area contributed by atoms with E-state index in [1.165, 1.54) is 4.57 Å². The fraction of sp³-hybridized carbons (Fsp3) is 0.111. The van der Waals surface area contributed by atoms with Crippen LogP contribution in [0.5, 0.6) is 11.5 Å². The number of hydrogen-bond acceptors (Lipinski definition) is 4. The first-order chi connectivity index (χ1) is 11.7. The summed E-state index contributed by atoms with van der Waals surface area (Å²) in [6, 6.07) is 12.5. The van der Waals surface area contributed by atoms with Crippen LogP contribution < -0.4 is 15.2 Å². The highest BCUT2D eigenvalue weighted by Gasteiger charge is 2.32. The number of aromatic nitrogens is 2. The first-order valence-electron chi connectivity index (χ1n) is 7.37. The molecule has 3 aromatic rings. The Hall–Kier alpha value is -3.28. The molecular weight excluding hydrogens is 308 g/mol. The molecule has 0 radical (unpaired) electrons. The van der Waals surface area contributed by atoms with E-state index in [4.69, 9.17) is 9.47 Å². The molecule has 0 atom stereocenters. The molecule has 2 aromatic carbocycles. The number of nitrogens with zero attached hydrogens (tertiary/aromatic N) is 1. The summed E-state index contributed by atoms with van der Waals surface area (Å²) in [5.74, 6) is 0.886. The van der Waals surface area contributed by atoms with Crippen molar-refractivity contribution in [3.8, 4) is 34.0 Å². The Kier molecular flexibility index (Phi) is 3.06. The predicted molar refractivity (Wildman–Crippen MR) is 88.8 cm³/mol. The number of carbonyl (C=O) groups excluding carboxylic acids is 1. The molecule has 0 unspecified atom stereocenters. The van der Waals surface area contributed by atoms with Gasteiger partial charge in [0.25, 0.3) is 5.91 Å². The lowest BCUT2D eigenvalue weighted by atomic mass is 10.0. The van der Waals surface area contributed by atoms with Crippen LogP contribution >= 0.6 is 0 Å². The first-order valence-corrected chi connectivity index (χ1v) is 7.37. The average Bonchev–Trinajstić information content (AvgIpc) is 3.11. The lowest BCUT2D eigenvalue weighted by Crippen LogP contribution is -2.21. The Balaban J connectivity index is 2.06. The van der Waals surface area contributed by atoms with Crippen molar-refractivity contribution in [3.05, 3.63) is 58.5 Å². The largest absolute Gasteiger partial charge is 0.497 e. The molecule has 0 bridgehead atoms. The number of H-pyrrole nitrogens is 1. The van der Waals surface area contributed by atoms with Gasteiger partial charge in [0.2, 0.25) is 0 Å². The SMILES string of the molecule is COc1ccc(OC)c(-c2[nH]c(=O)n3c2-c2ccccc2C3=O)c1. The molecular formula is C18H14N2O4. The molecule has 0 fully saturated rings. The van der Waals surface area contributed by atoms with Gasteiger partial charge in [0.1, 0.15) is 11.5 Å². The van der Waals surface area contributed by atoms with E-state index in [-0.39, 0.29) is 5.91 Å². The molecule has 2 heterocycles. The molecule has 0 spiro atoms. The monoisotopic (exact) mass is 322 g/mol. The van der Waals surface area contributed by atoms with E-state index in [0.717, 1.165) is 5.56 Å². The zero-order chi connectivity index (χ0) is 16.8. The number of imidazole rings is 1. The Bertz CT molecular complexity index is 1030. The summed E-state index contributed by atoms with van der Waals surface area (Å²) in [5, 5.41) is 0. The number of benzene rings is 2. The number of ether oxygens (including phenoxy) is 2. The summed E-state index contributed by atoms with van der Waals surface area (Å²) in [6.45, 7) is 0. The molecule has 1 aromatic heterocycles. The summed E-state index contributed by atoms with van der Waals surface area (Å²) < 4.78 is 11.8. The van der Waals surface area contributed by atoms with Crippen molar-refractivity contribution in [1.82, 2.24) is 9.55 Å². The van der Waals surface area contributed by atoms with Crippen molar-refractivity contribution < 1.29 is 14.3 Å². The number of nitrogens with one attached hydrogen (secondary N) is 1. The van der Waals surface area contributed by atoms with Gasteiger partial charge in [0.05, 0.1) is 25.6 Å². The summed E-state index contributed by atoms with van der Waals surface area (Å²) >= 11 is 0. The van der Waals surface area contributed by atoms with Crippen LogP contribution in [-0.4, -0.2) is 29.7 Å². The average molecular weight is 322 g/mol. The maximum atomic E-state index is 12.5. The van der Waals surface area contributed by atoms with E-state index >= 15 is 0 Å². The third-order valence-corrected chi connectivity index (χ3v) is 4.19. The normalized spacial score (nSPS) is 12.0. The Labute approximate surface area is 137 Å². The van der Waals surface area contributed by atoms with Gasteiger partial charge in [-0.05, 0) is 24.3 Å². The maximum Gasteiger partial charge on any atom is 0.333 e. The van der Waals surface area contributed by atoms with E-state index in [1.807, 2.05) is 12.1 Å². The zero-order valence-electron chi connectivity index (χ0n) is 13.1. The lowest BCUT2D eigenvalue weighted by Gasteiger charge is -2.10. The van der Waals surface area contributed by atoms with E-state index in [1.54, 1.807) is 44.6 Å². The molecule has 6 heteroatoms. The van der Waals surface area contributed by atoms with Gasteiger partial charge in [-0.1, -0.05) is 18.2 Å². The molecule has 6 nitrogen and oxygen atoms in total. The summed E-state index contributed by atoms with van der Waals surface area (Å²) in [5.41, 5.74) is 2.52. The molecule has 4 rings (SSSR count). The first kappa shape index (κ1) is 14.3. The predicted octanol–water partition coefficient (Wildman–Crippen LogP) is 2.53. The third kappa shape index (κ3) is 1.83. The summed E-state index contributed by atoms with van der Waals surface area (Å²) in [7, 11) is 3.12. The van der Waals surface area contributed by atoms with Crippen molar-refractivity contribution in [1.29, 1.82) is 0 Å². The third-order valence-electron chi connectivity index (χ3n) is 4.19. The van der Waals surface area contributed by atoms with Gasteiger partial charge in [-0.25, -0.2) is 9.36 Å². The molecule has 0 saturated heterocycles. The molecule has 0 aliphatic carbocycles. The van der Waals surface area contributed by atoms with Gasteiger partial charge in [-0.3, -0.25) is 4.79 Å². The van der Waals surface area contributed by atoms with Gasteiger partial charge in [-0.2, -0.15) is 0 Å². The number of hydrogen-bond donors (Lipinski definition) is 1. The molecule has 0 amide bonds. The van der Waals surface area contributed by atoms with Gasteiger partial charge in [0.15, 0.2) is 0 Å². The van der Waals surface area contributed by atoms with E-state index in [9.17, 15) is 9.59 Å². The smallest absolute Gasteiger partial charge is 0.333 e.